The molecule has 1 aliphatic carbocycles. The number of benzene rings is 4. The van der Waals surface area contributed by atoms with E-state index in [1.54, 1.807) is 22.7 Å². The zero-order valence-corrected chi connectivity index (χ0v) is 44.4. The zero-order chi connectivity index (χ0) is 49.0. The Kier molecular flexibility index (Phi) is 15.5. The van der Waals surface area contributed by atoms with E-state index in [9.17, 15) is 10.2 Å². The van der Waals surface area contributed by atoms with E-state index in [1.807, 2.05) is 12.4 Å². The van der Waals surface area contributed by atoms with Gasteiger partial charge in [0, 0.05) is 75.2 Å². The molecule has 0 fully saturated rings. The monoisotopic (exact) mass is 951 g/mol. The van der Waals surface area contributed by atoms with Crippen LogP contribution in [0.25, 0.3) is 0 Å². The Labute approximate surface area is 415 Å². The second-order valence-corrected chi connectivity index (χ2v) is 24.4. The van der Waals surface area contributed by atoms with Crippen LogP contribution in [0.4, 0.5) is 0 Å². The van der Waals surface area contributed by atoms with Crippen molar-refractivity contribution in [2.75, 3.05) is 26.3 Å². The molecule has 0 unspecified atom stereocenters. The summed E-state index contributed by atoms with van der Waals surface area (Å²) in [4.78, 5) is 9.41. The molecule has 2 N–H and O–H groups in total. The minimum Gasteiger partial charge on any atom is -0.507 e. The van der Waals surface area contributed by atoms with Gasteiger partial charge in [0.2, 0.25) is 0 Å². The van der Waals surface area contributed by atoms with Crippen molar-refractivity contribution in [1.82, 2.24) is 0 Å². The highest BCUT2D eigenvalue weighted by Crippen LogP contribution is 2.44. The van der Waals surface area contributed by atoms with Gasteiger partial charge in [0.1, 0.15) is 23.0 Å². The molecule has 68 heavy (non-hydrogen) atoms. The molecule has 8 bridgehead atoms. The molecule has 360 valence electrons. The summed E-state index contributed by atoms with van der Waals surface area (Å²) in [6, 6.07) is 22.1. The van der Waals surface area contributed by atoms with Gasteiger partial charge in [0.25, 0.3) is 0 Å². The molecule has 0 saturated carbocycles. The number of rotatable bonds is 12. The van der Waals surface area contributed by atoms with Gasteiger partial charge >= 0.3 is 0 Å². The van der Waals surface area contributed by atoms with Crippen LogP contribution in [0.3, 0.4) is 0 Å². The first-order valence-electron chi connectivity index (χ1n) is 24.4. The average Bonchev–Trinajstić information content (AvgIpc) is 3.98. The van der Waals surface area contributed by atoms with E-state index >= 15 is 0 Å². The van der Waals surface area contributed by atoms with Crippen LogP contribution in [0.5, 0.6) is 23.0 Å². The molecule has 0 aliphatic heterocycles. The van der Waals surface area contributed by atoms with Crippen LogP contribution in [0.2, 0.25) is 0 Å². The van der Waals surface area contributed by atoms with E-state index in [0.29, 0.717) is 63.5 Å². The third-order valence-corrected chi connectivity index (χ3v) is 14.3. The lowest BCUT2D eigenvalue weighted by Crippen LogP contribution is -2.17. The fourth-order valence-corrected chi connectivity index (χ4v) is 9.94. The minimum absolute atomic E-state index is 0.180. The van der Waals surface area contributed by atoms with E-state index in [-0.39, 0.29) is 21.7 Å². The lowest BCUT2D eigenvalue weighted by Gasteiger charge is -2.28. The molecule has 2 heterocycles. The maximum Gasteiger partial charge on any atom is 0.126 e. The third-order valence-electron chi connectivity index (χ3n) is 12.9. The number of ether oxygens (including phenoxy) is 2. The van der Waals surface area contributed by atoms with E-state index in [0.717, 1.165) is 91.1 Å². The van der Waals surface area contributed by atoms with Crippen molar-refractivity contribution in [3.63, 3.8) is 0 Å². The summed E-state index contributed by atoms with van der Waals surface area (Å²) in [6.07, 6.45) is 7.21. The SMILES string of the molecule is CC(C)(C)c1cc2c(O)c(c1)Cc1cc(C(C)(C)C)cc(c1OCCCN=Cc1ccsc1)Cc1cc(C(C)(C)C)cc(c1O)Cc1cc(C(C)(C)C)cc(c1OCCCN=Cc1ccsc1)C2. The van der Waals surface area contributed by atoms with Crippen molar-refractivity contribution < 1.29 is 19.7 Å². The van der Waals surface area contributed by atoms with Crippen LogP contribution in [0.1, 0.15) is 174 Å². The summed E-state index contributed by atoms with van der Waals surface area (Å²) in [5.41, 5.74) is 13.7. The topological polar surface area (TPSA) is 83.6 Å². The molecule has 4 aromatic carbocycles. The van der Waals surface area contributed by atoms with Crippen LogP contribution in [-0.4, -0.2) is 48.9 Å². The van der Waals surface area contributed by atoms with Gasteiger partial charge in [-0.1, -0.05) is 132 Å². The Hall–Kier alpha value is -5.18. The van der Waals surface area contributed by atoms with Gasteiger partial charge in [-0.25, -0.2) is 0 Å². The lowest BCUT2D eigenvalue weighted by atomic mass is 9.79. The number of fused-ring (bicyclic) bond motifs is 8. The number of phenolic OH excluding ortho intramolecular Hbond substituents is 2. The molecular weight excluding hydrogens is 877 g/mol. The molecule has 0 saturated heterocycles. The van der Waals surface area contributed by atoms with Crippen molar-refractivity contribution >= 4 is 35.1 Å². The van der Waals surface area contributed by atoms with Gasteiger partial charge in [-0.05, 0) is 122 Å². The van der Waals surface area contributed by atoms with Gasteiger partial charge in [0.05, 0.1) is 13.2 Å². The van der Waals surface area contributed by atoms with Gasteiger partial charge in [-0.15, -0.1) is 0 Å². The van der Waals surface area contributed by atoms with E-state index in [1.165, 1.54) is 11.1 Å². The number of hydrogen-bond donors (Lipinski definition) is 2. The highest BCUT2D eigenvalue weighted by atomic mass is 32.1. The molecular formula is C60H74N2O4S2. The normalized spacial score (nSPS) is 13.7. The maximum absolute atomic E-state index is 12.7. The number of hydrogen-bond acceptors (Lipinski definition) is 8. The van der Waals surface area contributed by atoms with Crippen LogP contribution in [0, 0.1) is 0 Å². The summed E-state index contributed by atoms with van der Waals surface area (Å²) in [7, 11) is 0. The summed E-state index contributed by atoms with van der Waals surface area (Å²) >= 11 is 3.34. The Morgan fingerprint density at radius 1 is 0.456 bits per heavy atom. The molecule has 2 aromatic heterocycles. The number of nitrogens with zero attached hydrogens (tertiary/aromatic N) is 2. The van der Waals surface area contributed by atoms with Crippen molar-refractivity contribution in [3.8, 4) is 23.0 Å². The molecule has 8 heteroatoms. The first-order valence-corrected chi connectivity index (χ1v) is 26.3. The molecule has 0 atom stereocenters. The molecule has 6 aromatic rings. The van der Waals surface area contributed by atoms with E-state index < -0.39 is 0 Å². The Balaban J connectivity index is 1.42. The van der Waals surface area contributed by atoms with Gasteiger partial charge in [-0.3, -0.25) is 9.98 Å². The fourth-order valence-electron chi connectivity index (χ4n) is 8.71. The van der Waals surface area contributed by atoms with Crippen LogP contribution >= 0.6 is 22.7 Å². The van der Waals surface area contributed by atoms with E-state index in [4.69, 9.17) is 19.5 Å². The lowest BCUT2D eigenvalue weighted by molar-refractivity contribution is 0.307. The third kappa shape index (κ3) is 12.7. The Morgan fingerprint density at radius 3 is 0.985 bits per heavy atom. The molecule has 0 radical (unpaired) electrons. The van der Waals surface area contributed by atoms with Crippen molar-refractivity contribution in [1.29, 1.82) is 0 Å². The predicted molar refractivity (Wildman–Crippen MR) is 289 cm³/mol. The summed E-state index contributed by atoms with van der Waals surface area (Å²) in [5.74, 6) is 2.23. The summed E-state index contributed by atoms with van der Waals surface area (Å²) in [5, 5.41) is 33.6. The second kappa shape index (κ2) is 20.8. The minimum atomic E-state index is -0.189. The van der Waals surface area contributed by atoms with Crippen molar-refractivity contribution in [2.45, 2.75) is 143 Å². The average molecular weight is 951 g/mol. The Morgan fingerprint density at radius 2 is 0.735 bits per heavy atom. The zero-order valence-electron chi connectivity index (χ0n) is 42.7. The number of aliphatic imine (C=N–C) groups is 2. The van der Waals surface area contributed by atoms with Gasteiger partial charge < -0.3 is 19.7 Å². The quantitative estimate of drug-likeness (QED) is 0.0944. The van der Waals surface area contributed by atoms with Crippen LogP contribution in [-0.2, 0) is 47.3 Å². The largest absolute Gasteiger partial charge is 0.507 e. The maximum atomic E-state index is 12.7. The first kappa shape index (κ1) is 50.7. The Bertz CT molecular complexity index is 2450. The molecule has 0 amide bonds. The molecule has 6 nitrogen and oxygen atoms in total. The van der Waals surface area contributed by atoms with Crippen molar-refractivity contribution in [2.24, 2.45) is 9.98 Å². The highest BCUT2D eigenvalue weighted by molar-refractivity contribution is 7.08. The second-order valence-electron chi connectivity index (χ2n) is 22.8. The first-order chi connectivity index (χ1) is 32.0. The highest BCUT2D eigenvalue weighted by Gasteiger charge is 2.28. The van der Waals surface area contributed by atoms with Gasteiger partial charge in [-0.2, -0.15) is 22.7 Å². The van der Waals surface area contributed by atoms with E-state index in [2.05, 4.69) is 165 Å². The number of thiophene rings is 2. The van der Waals surface area contributed by atoms with Crippen molar-refractivity contribution in [3.05, 3.63) is 160 Å². The fraction of sp³-hybridized carbons (Fsp3) is 0.433. The summed E-state index contributed by atoms with van der Waals surface area (Å²) < 4.78 is 13.9. The summed E-state index contributed by atoms with van der Waals surface area (Å²) in [6.45, 7) is 29.2. The molecule has 1 aliphatic rings. The van der Waals surface area contributed by atoms with Crippen LogP contribution in [0.15, 0.2) is 92.2 Å². The number of aromatic hydroxyl groups is 2. The standard InChI is InChI=1S/C60H74N2O4S2/c1-57(2,3)49-27-41-23-45-31-51(59(7,8)9)33-47(55(45)65-19-13-17-61-35-39-15-21-67-37-39)25-43-29-50(58(4,5)6)30-44(54(43)64)26-48-34-52(60(10,11)12)32-46(24-42(28-49)53(41)63)56(48)66-20-14-18-62-36-40-16-22-68-38-40/h15-16,21-22,27-38,63-64H,13-14,17-20,23-26H2,1-12H3. The van der Waals surface area contributed by atoms with Gasteiger partial charge in [0.15, 0.2) is 0 Å². The predicted octanol–water partition coefficient (Wildman–Crippen LogP) is 14.9. The smallest absolute Gasteiger partial charge is 0.126 e. The number of phenols is 2. The molecule has 7 rings (SSSR count). The van der Waals surface area contributed by atoms with Crippen LogP contribution < -0.4 is 9.47 Å². The molecule has 0 spiro atoms.